The zero-order valence-electron chi connectivity index (χ0n) is 8.68. The van der Waals surface area contributed by atoms with Crippen molar-refractivity contribution in [3.05, 3.63) is 11.8 Å². The fourth-order valence-electron chi connectivity index (χ4n) is 1.28. The number of amides is 1. The molecule has 0 spiro atoms. The van der Waals surface area contributed by atoms with E-state index in [4.69, 9.17) is 4.74 Å². The molecule has 1 heterocycles. The van der Waals surface area contributed by atoms with E-state index < -0.39 is 0 Å². The first-order chi connectivity index (χ1) is 5.95. The summed E-state index contributed by atoms with van der Waals surface area (Å²) in [6, 6.07) is 0. The Labute approximate surface area is 79.2 Å². The predicted molar refractivity (Wildman–Crippen MR) is 51.1 cm³/mol. The normalized spacial score (nSPS) is 22.2. The molecule has 3 nitrogen and oxygen atoms in total. The van der Waals surface area contributed by atoms with Crippen LogP contribution in [0.2, 0.25) is 0 Å². The summed E-state index contributed by atoms with van der Waals surface area (Å²) in [5, 5.41) is 2.59. The van der Waals surface area contributed by atoms with Gasteiger partial charge in [-0.1, -0.05) is 20.8 Å². The molecule has 3 heteroatoms. The van der Waals surface area contributed by atoms with Crippen LogP contribution in [0.1, 0.15) is 27.2 Å². The maximum absolute atomic E-state index is 11.2. The predicted octanol–water partition coefficient (Wildman–Crippen LogP) is 1.45. The summed E-state index contributed by atoms with van der Waals surface area (Å²) in [7, 11) is 1.63. The van der Waals surface area contributed by atoms with Crippen LogP contribution < -0.4 is 5.32 Å². The van der Waals surface area contributed by atoms with E-state index in [2.05, 4.69) is 26.1 Å². The van der Waals surface area contributed by atoms with Crippen molar-refractivity contribution in [1.82, 2.24) is 5.32 Å². The summed E-state index contributed by atoms with van der Waals surface area (Å²) in [5.74, 6) is -0.0354. The summed E-state index contributed by atoms with van der Waals surface area (Å²) >= 11 is 0. The number of rotatable bonds is 1. The van der Waals surface area contributed by atoms with Gasteiger partial charge in [-0.3, -0.25) is 4.79 Å². The molecule has 0 bridgehead atoms. The standard InChI is InChI=1S/C10H17NO2/c1-10(2,3)8-5-7(6-13-8)9(12)11-4/h6,8H,5H2,1-4H3,(H,11,12). The summed E-state index contributed by atoms with van der Waals surface area (Å²) < 4.78 is 5.43. The van der Waals surface area contributed by atoms with Crippen LogP contribution in [0.3, 0.4) is 0 Å². The van der Waals surface area contributed by atoms with Gasteiger partial charge in [-0.25, -0.2) is 0 Å². The molecule has 0 saturated carbocycles. The first-order valence-electron chi connectivity index (χ1n) is 4.51. The first-order valence-corrected chi connectivity index (χ1v) is 4.51. The van der Waals surface area contributed by atoms with E-state index >= 15 is 0 Å². The molecule has 1 unspecified atom stereocenters. The second-order valence-electron chi connectivity index (χ2n) is 4.42. The molecular formula is C10H17NO2. The highest BCUT2D eigenvalue weighted by Gasteiger charge is 2.32. The van der Waals surface area contributed by atoms with E-state index in [1.54, 1.807) is 13.3 Å². The van der Waals surface area contributed by atoms with E-state index in [0.717, 1.165) is 5.57 Å². The monoisotopic (exact) mass is 183 g/mol. The van der Waals surface area contributed by atoms with Crippen LogP contribution >= 0.6 is 0 Å². The van der Waals surface area contributed by atoms with Crippen LogP contribution in [0.15, 0.2) is 11.8 Å². The third-order valence-electron chi connectivity index (χ3n) is 2.26. The summed E-state index contributed by atoms with van der Waals surface area (Å²) in [6.07, 6.45) is 2.41. The number of likely N-dealkylation sites (N-methyl/N-ethyl adjacent to an activating group) is 1. The van der Waals surface area contributed by atoms with Crippen molar-refractivity contribution in [2.45, 2.75) is 33.3 Å². The quantitative estimate of drug-likeness (QED) is 0.668. The molecule has 13 heavy (non-hydrogen) atoms. The van der Waals surface area contributed by atoms with Crippen molar-refractivity contribution >= 4 is 5.91 Å². The number of carbonyl (C=O) groups excluding carboxylic acids is 1. The van der Waals surface area contributed by atoms with E-state index in [1.165, 1.54) is 0 Å². The fourth-order valence-corrected chi connectivity index (χ4v) is 1.28. The first kappa shape index (κ1) is 10.1. The fraction of sp³-hybridized carbons (Fsp3) is 0.700. The van der Waals surface area contributed by atoms with Crippen molar-refractivity contribution in [3.8, 4) is 0 Å². The molecule has 0 radical (unpaired) electrons. The zero-order chi connectivity index (χ0) is 10.1. The SMILES string of the molecule is CNC(=O)C1=COC(C(C)(C)C)C1. The van der Waals surface area contributed by atoms with Gasteiger partial charge in [0, 0.05) is 13.5 Å². The highest BCUT2D eigenvalue weighted by Crippen LogP contribution is 2.31. The number of carbonyl (C=O) groups is 1. The van der Waals surface area contributed by atoms with E-state index in [1.807, 2.05) is 0 Å². The highest BCUT2D eigenvalue weighted by atomic mass is 16.5. The molecule has 0 fully saturated rings. The van der Waals surface area contributed by atoms with Crippen molar-refractivity contribution in [3.63, 3.8) is 0 Å². The van der Waals surface area contributed by atoms with Gasteiger partial charge < -0.3 is 10.1 Å². The topological polar surface area (TPSA) is 38.3 Å². The molecule has 1 aliphatic heterocycles. The zero-order valence-corrected chi connectivity index (χ0v) is 8.68. The van der Waals surface area contributed by atoms with Crippen molar-refractivity contribution in [1.29, 1.82) is 0 Å². The Morgan fingerprint density at radius 2 is 2.23 bits per heavy atom. The molecule has 1 aliphatic rings. The van der Waals surface area contributed by atoms with Crippen LogP contribution in [0, 0.1) is 5.41 Å². The lowest BCUT2D eigenvalue weighted by Crippen LogP contribution is -2.27. The van der Waals surface area contributed by atoms with E-state index in [-0.39, 0.29) is 17.4 Å². The minimum absolute atomic E-state index is 0.0354. The number of nitrogens with one attached hydrogen (secondary N) is 1. The average Bonchev–Trinajstić information content (AvgIpc) is 2.50. The molecule has 1 rings (SSSR count). The maximum Gasteiger partial charge on any atom is 0.250 e. The molecular weight excluding hydrogens is 166 g/mol. The summed E-state index contributed by atoms with van der Waals surface area (Å²) in [4.78, 5) is 11.2. The van der Waals surface area contributed by atoms with Crippen LogP contribution in [0.25, 0.3) is 0 Å². The largest absolute Gasteiger partial charge is 0.497 e. The van der Waals surface area contributed by atoms with Gasteiger partial charge in [-0.15, -0.1) is 0 Å². The van der Waals surface area contributed by atoms with Crippen LogP contribution in [-0.4, -0.2) is 19.1 Å². The molecule has 1 atom stereocenters. The lowest BCUT2D eigenvalue weighted by Gasteiger charge is -2.25. The van der Waals surface area contributed by atoms with Crippen molar-refractivity contribution < 1.29 is 9.53 Å². The Morgan fingerprint density at radius 1 is 1.62 bits per heavy atom. The maximum atomic E-state index is 11.2. The summed E-state index contributed by atoms with van der Waals surface area (Å²) in [5.41, 5.74) is 0.828. The number of hydrogen-bond donors (Lipinski definition) is 1. The third-order valence-corrected chi connectivity index (χ3v) is 2.26. The second-order valence-corrected chi connectivity index (χ2v) is 4.42. The van der Waals surface area contributed by atoms with Crippen molar-refractivity contribution in [2.24, 2.45) is 5.41 Å². The number of hydrogen-bond acceptors (Lipinski definition) is 2. The average molecular weight is 183 g/mol. The minimum atomic E-state index is -0.0354. The molecule has 0 aliphatic carbocycles. The Hall–Kier alpha value is -0.990. The molecule has 1 amide bonds. The van der Waals surface area contributed by atoms with Gasteiger partial charge in [0.15, 0.2) is 0 Å². The Morgan fingerprint density at radius 3 is 2.62 bits per heavy atom. The molecule has 74 valence electrons. The Balaban J connectivity index is 2.57. The van der Waals surface area contributed by atoms with Crippen LogP contribution in [-0.2, 0) is 9.53 Å². The van der Waals surface area contributed by atoms with Gasteiger partial charge >= 0.3 is 0 Å². The van der Waals surface area contributed by atoms with Crippen LogP contribution in [0.4, 0.5) is 0 Å². The van der Waals surface area contributed by atoms with E-state index in [9.17, 15) is 4.79 Å². The molecule has 0 aromatic heterocycles. The lowest BCUT2D eigenvalue weighted by atomic mass is 9.86. The highest BCUT2D eigenvalue weighted by molar-refractivity contribution is 5.93. The number of ether oxygens (including phenoxy) is 1. The van der Waals surface area contributed by atoms with Gasteiger partial charge in [0.25, 0.3) is 0 Å². The smallest absolute Gasteiger partial charge is 0.250 e. The Kier molecular flexibility index (Phi) is 2.64. The van der Waals surface area contributed by atoms with E-state index in [0.29, 0.717) is 6.42 Å². The molecule has 0 aromatic carbocycles. The molecule has 0 saturated heterocycles. The molecule has 0 aromatic rings. The lowest BCUT2D eigenvalue weighted by molar-refractivity contribution is -0.117. The van der Waals surface area contributed by atoms with Gasteiger partial charge in [-0.2, -0.15) is 0 Å². The Bertz CT molecular complexity index is 238. The second kappa shape index (κ2) is 3.40. The van der Waals surface area contributed by atoms with Gasteiger partial charge in [0.05, 0.1) is 11.8 Å². The van der Waals surface area contributed by atoms with Gasteiger partial charge in [0.1, 0.15) is 6.10 Å². The van der Waals surface area contributed by atoms with Crippen molar-refractivity contribution in [2.75, 3.05) is 7.05 Å². The van der Waals surface area contributed by atoms with Gasteiger partial charge in [0.2, 0.25) is 5.91 Å². The van der Waals surface area contributed by atoms with Crippen LogP contribution in [0.5, 0.6) is 0 Å². The third kappa shape index (κ3) is 2.23. The van der Waals surface area contributed by atoms with Gasteiger partial charge in [-0.05, 0) is 5.41 Å². The molecule has 1 N–H and O–H groups in total. The summed E-state index contributed by atoms with van der Waals surface area (Å²) in [6.45, 7) is 6.33. The minimum Gasteiger partial charge on any atom is -0.497 e.